The number of hydrogen-bond acceptors (Lipinski definition) is 7. The number of rotatable bonds is 9. The Balaban J connectivity index is 4.12. The van der Waals surface area contributed by atoms with E-state index in [-0.39, 0.29) is 13.0 Å². The van der Waals surface area contributed by atoms with E-state index in [9.17, 15) is 24.9 Å². The number of nitrogens with one attached hydrogen (secondary N) is 1. The number of nitrogens with two attached hydrogens (primary N) is 1. The van der Waals surface area contributed by atoms with Crippen molar-refractivity contribution in [3.05, 3.63) is 0 Å². The van der Waals surface area contributed by atoms with Crippen LogP contribution in [0.15, 0.2) is 0 Å². The summed E-state index contributed by atoms with van der Waals surface area (Å²) in [6, 6.07) is -0.873. The van der Waals surface area contributed by atoms with Gasteiger partial charge in [0.1, 0.15) is 18.5 Å². The van der Waals surface area contributed by atoms with Gasteiger partial charge in [0.2, 0.25) is 5.91 Å². The van der Waals surface area contributed by atoms with Gasteiger partial charge in [-0.25, -0.2) is 0 Å². The van der Waals surface area contributed by atoms with Gasteiger partial charge in [-0.15, -0.1) is 0 Å². The fourth-order valence-electron chi connectivity index (χ4n) is 1.40. The maximum atomic E-state index is 11.3. The maximum absolute atomic E-state index is 11.3. The Labute approximate surface area is 111 Å². The van der Waals surface area contributed by atoms with E-state index in [1.54, 1.807) is 6.92 Å². The first-order valence-corrected chi connectivity index (χ1v) is 5.96. The highest BCUT2D eigenvalue weighted by molar-refractivity contribution is 5.80. The van der Waals surface area contributed by atoms with Gasteiger partial charge in [-0.1, -0.05) is 6.92 Å². The van der Waals surface area contributed by atoms with Gasteiger partial charge in [-0.05, 0) is 0 Å². The third kappa shape index (κ3) is 6.60. The average molecular weight is 278 g/mol. The minimum atomic E-state index is -1.51. The molecule has 0 saturated heterocycles. The molecule has 5 atom stereocenters. The normalized spacial score (nSPS) is 19.1. The molecule has 0 aromatic heterocycles. The molecular weight excluding hydrogens is 256 g/mol. The van der Waals surface area contributed by atoms with E-state index in [4.69, 9.17) is 10.8 Å². The van der Waals surface area contributed by atoms with Crippen LogP contribution in [0.1, 0.15) is 13.3 Å². The molecule has 7 N–H and O–H groups in total. The van der Waals surface area contributed by atoms with Crippen molar-refractivity contribution < 1.29 is 30.0 Å². The summed E-state index contributed by atoms with van der Waals surface area (Å²) in [6.45, 7) is 0.921. The SMILES string of the molecule is C[C@@H](CNC(=O)C[C@@H](N)C=O)[C@@H](O)[C@H](O)[C@H](O)CO. The summed E-state index contributed by atoms with van der Waals surface area (Å²) in [5.41, 5.74) is 5.27. The predicted octanol–water partition coefficient (Wildman–Crippen LogP) is -3.27. The molecule has 0 aliphatic heterocycles. The first-order valence-electron chi connectivity index (χ1n) is 5.96. The summed E-state index contributed by atoms with van der Waals surface area (Å²) in [4.78, 5) is 21.6. The second-order valence-corrected chi connectivity index (χ2v) is 4.52. The van der Waals surface area contributed by atoms with Gasteiger partial charge in [-0.2, -0.15) is 0 Å². The zero-order valence-corrected chi connectivity index (χ0v) is 10.8. The lowest BCUT2D eigenvalue weighted by molar-refractivity contribution is -0.124. The van der Waals surface area contributed by atoms with Gasteiger partial charge < -0.3 is 36.3 Å². The van der Waals surface area contributed by atoms with E-state index in [1.165, 1.54) is 0 Å². The molecular formula is C11H22N2O6. The van der Waals surface area contributed by atoms with E-state index in [0.29, 0.717) is 6.29 Å². The highest BCUT2D eigenvalue weighted by Crippen LogP contribution is 2.10. The second-order valence-electron chi connectivity index (χ2n) is 4.52. The molecule has 19 heavy (non-hydrogen) atoms. The topological polar surface area (TPSA) is 153 Å². The van der Waals surface area contributed by atoms with Crippen LogP contribution in [0.3, 0.4) is 0 Å². The van der Waals surface area contributed by atoms with Crippen LogP contribution in [0.4, 0.5) is 0 Å². The summed E-state index contributed by atoms with van der Waals surface area (Å²) in [7, 11) is 0. The van der Waals surface area contributed by atoms with Crippen molar-refractivity contribution in [2.24, 2.45) is 11.7 Å². The number of aliphatic hydroxyl groups excluding tert-OH is 4. The van der Waals surface area contributed by atoms with Crippen molar-refractivity contribution in [3.63, 3.8) is 0 Å². The molecule has 0 fully saturated rings. The monoisotopic (exact) mass is 278 g/mol. The summed E-state index contributed by atoms with van der Waals surface area (Å²) < 4.78 is 0. The van der Waals surface area contributed by atoms with Crippen molar-refractivity contribution in [1.29, 1.82) is 0 Å². The molecule has 112 valence electrons. The molecule has 0 unspecified atom stereocenters. The molecule has 0 saturated carbocycles. The third-order valence-corrected chi connectivity index (χ3v) is 2.73. The van der Waals surface area contributed by atoms with E-state index < -0.39 is 42.8 Å². The van der Waals surface area contributed by atoms with Crippen LogP contribution in [0.5, 0.6) is 0 Å². The van der Waals surface area contributed by atoms with E-state index in [0.717, 1.165) is 0 Å². The Bertz CT molecular complexity index is 288. The standard InChI is InChI=1S/C11H22N2O6/c1-6(10(18)11(19)8(16)5-15)3-13-9(17)2-7(12)4-14/h4,6-8,10-11,15-16,18-19H,2-3,5,12H2,1H3,(H,13,17)/t6-,7+,8+,10+,11+/m0/s1. The van der Waals surface area contributed by atoms with Gasteiger partial charge in [-0.3, -0.25) is 4.79 Å². The summed E-state index contributed by atoms with van der Waals surface area (Å²) in [5.74, 6) is -0.997. The maximum Gasteiger partial charge on any atom is 0.222 e. The summed E-state index contributed by atoms with van der Waals surface area (Å²) in [6.07, 6.45) is -3.96. The summed E-state index contributed by atoms with van der Waals surface area (Å²) in [5, 5.41) is 39.4. The number of amides is 1. The highest BCUT2D eigenvalue weighted by atomic mass is 16.4. The van der Waals surface area contributed by atoms with Crippen LogP contribution >= 0.6 is 0 Å². The van der Waals surface area contributed by atoms with Crippen LogP contribution < -0.4 is 11.1 Å². The molecule has 0 aliphatic rings. The van der Waals surface area contributed by atoms with Crippen LogP contribution in [0, 0.1) is 5.92 Å². The lowest BCUT2D eigenvalue weighted by Crippen LogP contribution is -2.46. The Morgan fingerprint density at radius 2 is 1.89 bits per heavy atom. The van der Waals surface area contributed by atoms with Gasteiger partial charge in [0.15, 0.2) is 0 Å². The van der Waals surface area contributed by atoms with Crippen molar-refractivity contribution in [2.75, 3.05) is 13.2 Å². The number of aliphatic hydroxyl groups is 4. The fourth-order valence-corrected chi connectivity index (χ4v) is 1.40. The minimum absolute atomic E-state index is 0.0424. The zero-order valence-electron chi connectivity index (χ0n) is 10.8. The molecule has 8 nitrogen and oxygen atoms in total. The van der Waals surface area contributed by atoms with Gasteiger partial charge >= 0.3 is 0 Å². The molecule has 0 radical (unpaired) electrons. The molecule has 8 heteroatoms. The average Bonchev–Trinajstić information content (AvgIpc) is 2.41. The molecule has 0 aromatic carbocycles. The van der Waals surface area contributed by atoms with E-state index in [1.807, 2.05) is 0 Å². The Kier molecular flexibility index (Phi) is 8.44. The quantitative estimate of drug-likeness (QED) is 0.242. The van der Waals surface area contributed by atoms with Crippen molar-refractivity contribution >= 4 is 12.2 Å². The van der Waals surface area contributed by atoms with Crippen molar-refractivity contribution in [1.82, 2.24) is 5.32 Å². The zero-order chi connectivity index (χ0) is 15.0. The second kappa shape index (κ2) is 8.94. The highest BCUT2D eigenvalue weighted by Gasteiger charge is 2.28. The molecule has 0 rings (SSSR count). The smallest absolute Gasteiger partial charge is 0.222 e. The third-order valence-electron chi connectivity index (χ3n) is 2.73. The fraction of sp³-hybridized carbons (Fsp3) is 0.818. The van der Waals surface area contributed by atoms with Gasteiger partial charge in [0.25, 0.3) is 0 Å². The molecule has 0 spiro atoms. The van der Waals surface area contributed by atoms with Crippen LogP contribution in [0.25, 0.3) is 0 Å². The number of carbonyl (C=O) groups is 2. The first kappa shape index (κ1) is 17.9. The largest absolute Gasteiger partial charge is 0.394 e. The van der Waals surface area contributed by atoms with Crippen LogP contribution in [-0.4, -0.2) is 70.1 Å². The van der Waals surface area contributed by atoms with Crippen LogP contribution in [0.2, 0.25) is 0 Å². The van der Waals surface area contributed by atoms with Gasteiger partial charge in [0.05, 0.1) is 18.8 Å². The molecule has 0 aliphatic carbocycles. The summed E-state index contributed by atoms with van der Waals surface area (Å²) >= 11 is 0. The van der Waals surface area contributed by atoms with Crippen molar-refractivity contribution in [3.8, 4) is 0 Å². The lowest BCUT2D eigenvalue weighted by atomic mass is 9.96. The van der Waals surface area contributed by atoms with Crippen molar-refractivity contribution in [2.45, 2.75) is 37.7 Å². The number of aldehydes is 1. The lowest BCUT2D eigenvalue weighted by Gasteiger charge is -2.26. The number of carbonyl (C=O) groups excluding carboxylic acids is 2. The molecule has 1 amide bonds. The van der Waals surface area contributed by atoms with Crippen LogP contribution in [-0.2, 0) is 9.59 Å². The minimum Gasteiger partial charge on any atom is -0.394 e. The van der Waals surface area contributed by atoms with E-state index in [2.05, 4.69) is 5.32 Å². The Hall–Kier alpha value is -1.06. The first-order chi connectivity index (χ1) is 8.83. The van der Waals surface area contributed by atoms with E-state index >= 15 is 0 Å². The Morgan fingerprint density at radius 3 is 2.37 bits per heavy atom. The number of hydrogen-bond donors (Lipinski definition) is 6. The predicted molar refractivity (Wildman–Crippen MR) is 65.9 cm³/mol. The molecule has 0 aromatic rings. The van der Waals surface area contributed by atoms with Gasteiger partial charge in [0, 0.05) is 18.9 Å². The molecule has 0 heterocycles. The molecule has 0 bridgehead atoms. The Morgan fingerprint density at radius 1 is 1.32 bits per heavy atom.